The minimum absolute atomic E-state index is 0.174. The Morgan fingerprint density at radius 3 is 2.69 bits per heavy atom. The molecule has 0 bridgehead atoms. The third-order valence-electron chi connectivity index (χ3n) is 3.45. The Kier molecular flexibility index (Phi) is 3.44. The zero-order valence-electron chi connectivity index (χ0n) is 10.1. The normalized spacial score (nSPS) is 19.8. The molecule has 1 fully saturated rings. The van der Waals surface area contributed by atoms with Crippen molar-refractivity contribution in [2.45, 2.75) is 32.8 Å². The molecule has 1 saturated heterocycles. The highest BCUT2D eigenvalue weighted by Gasteiger charge is 2.23. The van der Waals surface area contributed by atoms with E-state index in [2.05, 4.69) is 22.9 Å². The molecule has 1 aromatic rings. The quantitative estimate of drug-likeness (QED) is 0.828. The molecule has 0 aromatic carbocycles. The van der Waals surface area contributed by atoms with Crippen LogP contribution in [0.2, 0.25) is 0 Å². The van der Waals surface area contributed by atoms with Crippen molar-refractivity contribution in [1.29, 1.82) is 0 Å². The third-order valence-corrected chi connectivity index (χ3v) is 3.45. The third kappa shape index (κ3) is 2.53. The molecule has 1 N–H and O–H groups in total. The van der Waals surface area contributed by atoms with Gasteiger partial charge >= 0.3 is 0 Å². The Morgan fingerprint density at radius 2 is 2.12 bits per heavy atom. The molecule has 2 heterocycles. The van der Waals surface area contributed by atoms with E-state index in [1.165, 1.54) is 5.56 Å². The number of aryl methyl sites for hydroxylation is 1. The summed E-state index contributed by atoms with van der Waals surface area (Å²) in [6, 6.07) is 4.15. The van der Waals surface area contributed by atoms with Gasteiger partial charge in [0.25, 0.3) is 0 Å². The van der Waals surface area contributed by atoms with E-state index in [9.17, 15) is 5.11 Å². The van der Waals surface area contributed by atoms with E-state index >= 15 is 0 Å². The molecule has 1 aliphatic rings. The number of hydrogen-bond acceptors (Lipinski definition) is 3. The van der Waals surface area contributed by atoms with Gasteiger partial charge in [-0.2, -0.15) is 0 Å². The fourth-order valence-electron chi connectivity index (χ4n) is 2.30. The van der Waals surface area contributed by atoms with Crippen molar-refractivity contribution in [1.82, 2.24) is 4.98 Å². The minimum atomic E-state index is -0.174. The molecular formula is C13H20N2O. The topological polar surface area (TPSA) is 36.4 Å². The summed E-state index contributed by atoms with van der Waals surface area (Å²) >= 11 is 0. The van der Waals surface area contributed by atoms with Gasteiger partial charge in [0.05, 0.1) is 6.10 Å². The standard InChI is InChI=1S/C13H20N2O/c1-10-3-6-14-13(9-10)15-7-4-12(5-8-15)11(2)16/h3,6,9,11-12,16H,4-5,7-8H2,1-2H3. The lowest BCUT2D eigenvalue weighted by Crippen LogP contribution is -2.37. The summed E-state index contributed by atoms with van der Waals surface area (Å²) in [6.07, 6.45) is 3.82. The lowest BCUT2D eigenvalue weighted by Gasteiger charge is -2.34. The highest BCUT2D eigenvalue weighted by Crippen LogP contribution is 2.24. The number of piperidine rings is 1. The number of aromatic nitrogens is 1. The van der Waals surface area contributed by atoms with Crippen LogP contribution in [0.3, 0.4) is 0 Å². The number of rotatable bonds is 2. The maximum Gasteiger partial charge on any atom is 0.128 e. The molecule has 3 heteroatoms. The van der Waals surface area contributed by atoms with Gasteiger partial charge in [0.1, 0.15) is 5.82 Å². The number of anilines is 1. The first-order valence-corrected chi connectivity index (χ1v) is 6.02. The van der Waals surface area contributed by atoms with Crippen molar-refractivity contribution in [2.75, 3.05) is 18.0 Å². The largest absolute Gasteiger partial charge is 0.393 e. The van der Waals surface area contributed by atoms with Crippen LogP contribution in [-0.2, 0) is 0 Å². The smallest absolute Gasteiger partial charge is 0.128 e. The van der Waals surface area contributed by atoms with E-state index in [-0.39, 0.29) is 6.10 Å². The fraction of sp³-hybridized carbons (Fsp3) is 0.615. The second-order valence-corrected chi connectivity index (χ2v) is 4.76. The molecule has 0 spiro atoms. The van der Waals surface area contributed by atoms with Crippen LogP contribution in [0.15, 0.2) is 18.3 Å². The van der Waals surface area contributed by atoms with Crippen LogP contribution < -0.4 is 4.90 Å². The fourth-order valence-corrected chi connectivity index (χ4v) is 2.30. The first-order valence-electron chi connectivity index (χ1n) is 6.02. The number of aliphatic hydroxyl groups excluding tert-OH is 1. The van der Waals surface area contributed by atoms with E-state index in [1.807, 2.05) is 19.2 Å². The van der Waals surface area contributed by atoms with E-state index < -0.39 is 0 Å². The Morgan fingerprint density at radius 1 is 1.44 bits per heavy atom. The first kappa shape index (κ1) is 11.4. The SMILES string of the molecule is Cc1ccnc(N2CCC(C(C)O)CC2)c1. The molecule has 1 atom stereocenters. The molecule has 88 valence electrons. The average molecular weight is 220 g/mol. The van der Waals surface area contributed by atoms with Gasteiger partial charge in [0, 0.05) is 19.3 Å². The number of aliphatic hydroxyl groups is 1. The summed E-state index contributed by atoms with van der Waals surface area (Å²) < 4.78 is 0. The van der Waals surface area contributed by atoms with Gasteiger partial charge < -0.3 is 10.0 Å². The van der Waals surface area contributed by atoms with Gasteiger partial charge in [-0.05, 0) is 50.3 Å². The van der Waals surface area contributed by atoms with Gasteiger partial charge in [-0.25, -0.2) is 4.98 Å². The van der Waals surface area contributed by atoms with Crippen molar-refractivity contribution in [2.24, 2.45) is 5.92 Å². The van der Waals surface area contributed by atoms with Crippen molar-refractivity contribution >= 4 is 5.82 Å². The summed E-state index contributed by atoms with van der Waals surface area (Å²) in [5.74, 6) is 1.53. The van der Waals surface area contributed by atoms with Crippen LogP contribution in [0, 0.1) is 12.8 Å². The van der Waals surface area contributed by atoms with Crippen LogP contribution in [0.5, 0.6) is 0 Å². The molecule has 0 aliphatic carbocycles. The molecule has 3 nitrogen and oxygen atoms in total. The summed E-state index contributed by atoms with van der Waals surface area (Å²) in [5.41, 5.74) is 1.25. The number of nitrogens with zero attached hydrogens (tertiary/aromatic N) is 2. The van der Waals surface area contributed by atoms with Crippen molar-refractivity contribution in [3.63, 3.8) is 0 Å². The van der Waals surface area contributed by atoms with E-state index in [1.54, 1.807) is 0 Å². The molecule has 1 aromatic heterocycles. The Balaban J connectivity index is 1.99. The highest BCUT2D eigenvalue weighted by molar-refractivity contribution is 5.40. The lowest BCUT2D eigenvalue weighted by molar-refractivity contribution is 0.110. The Labute approximate surface area is 97.1 Å². The summed E-state index contributed by atoms with van der Waals surface area (Å²) in [7, 11) is 0. The zero-order chi connectivity index (χ0) is 11.5. The predicted octanol–water partition coefficient (Wildman–Crippen LogP) is 1.99. The van der Waals surface area contributed by atoms with Gasteiger partial charge in [0.2, 0.25) is 0 Å². The van der Waals surface area contributed by atoms with Crippen LogP contribution in [0.25, 0.3) is 0 Å². The first-order chi connectivity index (χ1) is 7.66. The minimum Gasteiger partial charge on any atom is -0.393 e. The molecule has 2 rings (SSSR count). The van der Waals surface area contributed by atoms with Gasteiger partial charge in [-0.1, -0.05) is 0 Å². The summed E-state index contributed by atoms with van der Waals surface area (Å²) in [4.78, 5) is 6.71. The molecular weight excluding hydrogens is 200 g/mol. The average Bonchev–Trinajstić information content (AvgIpc) is 2.29. The van der Waals surface area contributed by atoms with Crippen LogP contribution in [0.1, 0.15) is 25.3 Å². The van der Waals surface area contributed by atoms with Gasteiger partial charge in [-0.3, -0.25) is 0 Å². The second-order valence-electron chi connectivity index (χ2n) is 4.76. The number of pyridine rings is 1. The molecule has 0 amide bonds. The van der Waals surface area contributed by atoms with Gasteiger partial charge in [0.15, 0.2) is 0 Å². The molecule has 16 heavy (non-hydrogen) atoms. The number of hydrogen-bond donors (Lipinski definition) is 1. The maximum absolute atomic E-state index is 9.54. The monoisotopic (exact) mass is 220 g/mol. The van der Waals surface area contributed by atoms with Crippen molar-refractivity contribution in [3.8, 4) is 0 Å². The molecule has 1 aliphatic heterocycles. The summed E-state index contributed by atoms with van der Waals surface area (Å²) in [5, 5.41) is 9.54. The summed E-state index contributed by atoms with van der Waals surface area (Å²) in [6.45, 7) is 6.00. The highest BCUT2D eigenvalue weighted by atomic mass is 16.3. The molecule has 0 saturated carbocycles. The maximum atomic E-state index is 9.54. The van der Waals surface area contributed by atoms with Gasteiger partial charge in [-0.15, -0.1) is 0 Å². The van der Waals surface area contributed by atoms with Crippen LogP contribution >= 0.6 is 0 Å². The molecule has 0 radical (unpaired) electrons. The Hall–Kier alpha value is -1.09. The van der Waals surface area contributed by atoms with E-state index in [0.717, 1.165) is 31.7 Å². The van der Waals surface area contributed by atoms with Crippen LogP contribution in [-0.4, -0.2) is 29.3 Å². The van der Waals surface area contributed by atoms with Crippen molar-refractivity contribution in [3.05, 3.63) is 23.9 Å². The van der Waals surface area contributed by atoms with Crippen molar-refractivity contribution < 1.29 is 5.11 Å². The molecule has 1 unspecified atom stereocenters. The Bertz CT molecular complexity index is 344. The van der Waals surface area contributed by atoms with E-state index in [4.69, 9.17) is 0 Å². The second kappa shape index (κ2) is 4.83. The predicted molar refractivity (Wildman–Crippen MR) is 65.6 cm³/mol. The zero-order valence-corrected chi connectivity index (χ0v) is 10.1. The lowest BCUT2D eigenvalue weighted by atomic mass is 9.92. The van der Waals surface area contributed by atoms with E-state index in [0.29, 0.717) is 5.92 Å². The van der Waals surface area contributed by atoms with Crippen LogP contribution in [0.4, 0.5) is 5.82 Å².